The van der Waals surface area contributed by atoms with E-state index in [0.29, 0.717) is 6.61 Å². The summed E-state index contributed by atoms with van der Waals surface area (Å²) in [5.41, 5.74) is 3.82. The Balaban J connectivity index is 1.67. The van der Waals surface area contributed by atoms with Crippen molar-refractivity contribution >= 4 is 22.6 Å². The molecule has 0 radical (unpaired) electrons. The predicted molar refractivity (Wildman–Crippen MR) is 117 cm³/mol. The van der Waals surface area contributed by atoms with Gasteiger partial charge in [0.25, 0.3) is 0 Å². The zero-order valence-corrected chi connectivity index (χ0v) is 20.8. The summed E-state index contributed by atoms with van der Waals surface area (Å²) in [6.45, 7) is 9.32. The molecule has 146 valence electrons. The molecule has 0 aliphatic heterocycles. The van der Waals surface area contributed by atoms with Crippen LogP contribution in [0.2, 0.25) is 0 Å². The summed E-state index contributed by atoms with van der Waals surface area (Å²) >= 11 is 1.93. The van der Waals surface area contributed by atoms with Gasteiger partial charge in [-0.25, -0.2) is 4.39 Å². The number of benzene rings is 3. The summed E-state index contributed by atoms with van der Waals surface area (Å²) in [4.78, 5) is 0. The summed E-state index contributed by atoms with van der Waals surface area (Å²) in [6, 6.07) is 20.2. The third-order valence-electron chi connectivity index (χ3n) is 4.46. The van der Waals surface area contributed by atoms with Crippen molar-refractivity contribution in [1.82, 2.24) is 0 Å². The van der Waals surface area contributed by atoms with Gasteiger partial charge < -0.3 is 4.74 Å². The molecule has 0 fully saturated rings. The van der Waals surface area contributed by atoms with Crippen LogP contribution in [-0.4, -0.2) is 0 Å². The van der Waals surface area contributed by atoms with Crippen molar-refractivity contribution < 1.29 is 30.3 Å². The van der Waals surface area contributed by atoms with Gasteiger partial charge in [0.05, 0.1) is 0 Å². The Morgan fingerprint density at radius 1 is 0.964 bits per heavy atom. The molecule has 3 aromatic rings. The normalized spacial score (nSPS) is 11.5. The minimum atomic E-state index is -0.217. The molecule has 0 spiro atoms. The van der Waals surface area contributed by atoms with Crippen LogP contribution in [0.4, 0.5) is 4.39 Å². The van der Waals surface area contributed by atoms with E-state index in [4.69, 9.17) is 4.74 Å². The maximum absolute atomic E-state index is 13.2. The molecule has 3 rings (SSSR count). The number of ether oxygens (including phenoxy) is 1. The first kappa shape index (κ1) is 21.6. The van der Waals surface area contributed by atoms with Crippen LogP contribution in [-0.2, 0) is 12.0 Å². The number of rotatable bonds is 5. The molecule has 0 aliphatic rings. The lowest BCUT2D eigenvalue weighted by Gasteiger charge is -2.18. The van der Waals surface area contributed by atoms with E-state index in [9.17, 15) is 4.39 Å². The number of halogens is 3. The Hall–Kier alpha value is -1.15. The summed E-state index contributed by atoms with van der Waals surface area (Å²) in [5, 5.41) is 0. The standard InChI is InChI=1S/C24H24FI2O/c1-16-13-21(28-15-17-5-8-19(25)14-22(17)26)11-12-23(16)27-20-9-6-18(7-10-20)24(2,3)4/h5-14H,15H2,1-4H3/q+1. The zero-order chi connectivity index (χ0) is 20.3. The van der Waals surface area contributed by atoms with Gasteiger partial charge in [0, 0.05) is 14.7 Å². The lowest BCUT2D eigenvalue weighted by Crippen LogP contribution is -3.61. The predicted octanol–water partition coefficient (Wildman–Crippen LogP) is 3.74. The molecule has 1 nitrogen and oxygen atoms in total. The number of aryl methyl sites for hydroxylation is 1. The maximum Gasteiger partial charge on any atom is 0.358 e. The molecule has 0 amide bonds. The van der Waals surface area contributed by atoms with Crippen molar-refractivity contribution in [2.45, 2.75) is 39.7 Å². The first-order chi connectivity index (χ1) is 13.2. The van der Waals surface area contributed by atoms with Crippen LogP contribution < -0.4 is 25.9 Å². The molecule has 4 heteroatoms. The second-order valence-electron chi connectivity index (χ2n) is 7.79. The average Bonchev–Trinajstić information content (AvgIpc) is 2.63. The van der Waals surface area contributed by atoms with Crippen molar-refractivity contribution in [3.63, 3.8) is 0 Å². The van der Waals surface area contributed by atoms with Gasteiger partial charge in [0.15, 0.2) is 7.14 Å². The van der Waals surface area contributed by atoms with E-state index in [1.807, 2.05) is 6.07 Å². The Labute approximate surface area is 191 Å². The molecule has 0 heterocycles. The fraction of sp³-hybridized carbons (Fsp3) is 0.250. The molecule has 3 aromatic carbocycles. The quantitative estimate of drug-likeness (QED) is 0.406. The molecule has 0 unspecified atom stereocenters. The Kier molecular flexibility index (Phi) is 7.02. The van der Waals surface area contributed by atoms with E-state index in [1.54, 1.807) is 6.07 Å². The van der Waals surface area contributed by atoms with Gasteiger partial charge in [-0.2, -0.15) is 0 Å². The van der Waals surface area contributed by atoms with Crippen LogP contribution in [0.5, 0.6) is 5.75 Å². The van der Waals surface area contributed by atoms with E-state index in [-0.39, 0.29) is 32.4 Å². The van der Waals surface area contributed by atoms with Crippen molar-refractivity contribution in [3.8, 4) is 5.75 Å². The summed E-state index contributed by atoms with van der Waals surface area (Å²) in [6.07, 6.45) is 0. The summed E-state index contributed by atoms with van der Waals surface area (Å²) < 4.78 is 22.9. The van der Waals surface area contributed by atoms with Gasteiger partial charge in [-0.15, -0.1) is 0 Å². The molecule has 0 saturated heterocycles. The lowest BCUT2D eigenvalue weighted by molar-refractivity contribution is -0.598. The number of hydrogen-bond donors (Lipinski definition) is 0. The Bertz CT molecular complexity index is 959. The van der Waals surface area contributed by atoms with Crippen LogP contribution in [0.15, 0.2) is 60.7 Å². The average molecular weight is 601 g/mol. The van der Waals surface area contributed by atoms with Gasteiger partial charge in [-0.05, 0) is 83.0 Å². The Morgan fingerprint density at radius 2 is 1.68 bits per heavy atom. The maximum atomic E-state index is 13.2. The molecule has 0 aliphatic carbocycles. The Morgan fingerprint density at radius 3 is 2.29 bits per heavy atom. The highest BCUT2D eigenvalue weighted by Gasteiger charge is 2.20. The van der Waals surface area contributed by atoms with E-state index < -0.39 is 0 Å². The lowest BCUT2D eigenvalue weighted by atomic mass is 9.87. The third-order valence-corrected chi connectivity index (χ3v) is 8.60. The topological polar surface area (TPSA) is 9.23 Å². The molecule has 28 heavy (non-hydrogen) atoms. The van der Waals surface area contributed by atoms with Gasteiger partial charge in [0.1, 0.15) is 18.2 Å². The SMILES string of the molecule is Cc1cc(OCc2ccc(F)cc2I)ccc1[I+]c1ccc(C(C)(C)C)cc1. The van der Waals surface area contributed by atoms with Crippen LogP contribution in [0.1, 0.15) is 37.5 Å². The summed E-state index contributed by atoms with van der Waals surface area (Å²) in [7, 11) is 0. The molecular weight excluding hydrogens is 577 g/mol. The van der Waals surface area contributed by atoms with Crippen molar-refractivity contribution in [3.05, 3.63) is 93.9 Å². The van der Waals surface area contributed by atoms with E-state index >= 15 is 0 Å². The molecule has 0 saturated carbocycles. The second-order valence-corrected chi connectivity index (χ2v) is 11.9. The van der Waals surface area contributed by atoms with Gasteiger partial charge in [-0.1, -0.05) is 39.0 Å². The van der Waals surface area contributed by atoms with E-state index in [1.165, 1.54) is 30.4 Å². The smallest absolute Gasteiger partial charge is 0.358 e. The molecule has 0 atom stereocenters. The number of hydrogen-bond acceptors (Lipinski definition) is 1. The molecule has 0 bridgehead atoms. The van der Waals surface area contributed by atoms with Crippen LogP contribution in [0, 0.1) is 23.5 Å². The second kappa shape index (κ2) is 9.11. The minimum absolute atomic E-state index is 0.189. The van der Waals surface area contributed by atoms with E-state index in [2.05, 4.69) is 86.7 Å². The van der Waals surface area contributed by atoms with Gasteiger partial charge >= 0.3 is 21.2 Å². The monoisotopic (exact) mass is 601 g/mol. The van der Waals surface area contributed by atoms with Gasteiger partial charge in [-0.3, -0.25) is 0 Å². The molecule has 0 aromatic heterocycles. The van der Waals surface area contributed by atoms with E-state index in [0.717, 1.165) is 14.9 Å². The van der Waals surface area contributed by atoms with Crippen LogP contribution in [0.25, 0.3) is 0 Å². The van der Waals surface area contributed by atoms with Crippen molar-refractivity contribution in [2.75, 3.05) is 0 Å². The van der Waals surface area contributed by atoms with Crippen LogP contribution >= 0.6 is 22.6 Å². The highest BCUT2D eigenvalue weighted by Crippen LogP contribution is 2.21. The first-order valence-corrected chi connectivity index (χ1v) is 12.4. The highest BCUT2D eigenvalue weighted by molar-refractivity contribution is 14.1. The minimum Gasteiger partial charge on any atom is -0.489 e. The fourth-order valence-electron chi connectivity index (χ4n) is 2.74. The first-order valence-electron chi connectivity index (χ1n) is 9.15. The largest absolute Gasteiger partial charge is 0.489 e. The zero-order valence-electron chi connectivity index (χ0n) is 16.5. The molecular formula is C24H24FI2O+. The van der Waals surface area contributed by atoms with Gasteiger partial charge in [0.2, 0.25) is 0 Å². The molecule has 0 N–H and O–H groups in total. The van der Waals surface area contributed by atoms with Crippen molar-refractivity contribution in [2.24, 2.45) is 0 Å². The third kappa shape index (κ3) is 5.69. The highest BCUT2D eigenvalue weighted by atomic mass is 127. The summed E-state index contributed by atoms with van der Waals surface area (Å²) in [5.74, 6) is 0.640. The van der Waals surface area contributed by atoms with Crippen molar-refractivity contribution in [1.29, 1.82) is 0 Å². The fourth-order valence-corrected chi connectivity index (χ4v) is 5.71. The van der Waals surface area contributed by atoms with Crippen LogP contribution in [0.3, 0.4) is 0 Å².